The summed E-state index contributed by atoms with van der Waals surface area (Å²) < 4.78 is 0. The second-order valence-corrected chi connectivity index (χ2v) is 4.92. The van der Waals surface area contributed by atoms with Crippen LogP contribution in [0.2, 0.25) is 0 Å². The molecule has 1 aromatic carbocycles. The summed E-state index contributed by atoms with van der Waals surface area (Å²) in [6, 6.07) is 9.58. The number of likely N-dealkylation sites (tertiary alicyclic amines) is 1. The van der Waals surface area contributed by atoms with Gasteiger partial charge in [-0.2, -0.15) is 0 Å². The highest BCUT2D eigenvalue weighted by atomic mass is 15.1. The topological polar surface area (TPSA) is 3.24 Å². The first-order valence-corrected chi connectivity index (χ1v) is 5.99. The molecule has 0 radical (unpaired) electrons. The lowest BCUT2D eigenvalue weighted by molar-refractivity contribution is 0.315. The van der Waals surface area contributed by atoms with E-state index in [2.05, 4.69) is 50.1 Å². The van der Waals surface area contributed by atoms with E-state index < -0.39 is 0 Å². The quantitative estimate of drug-likeness (QED) is 0.710. The van der Waals surface area contributed by atoms with E-state index in [1.54, 1.807) is 5.56 Å². The Labute approximate surface area is 93.1 Å². The van der Waals surface area contributed by atoms with Crippen LogP contribution in [0.25, 0.3) is 0 Å². The highest BCUT2D eigenvalue weighted by Gasteiger charge is 2.24. The lowest BCUT2D eigenvalue weighted by Gasteiger charge is -2.24. The van der Waals surface area contributed by atoms with Gasteiger partial charge in [0.05, 0.1) is 0 Å². The largest absolute Gasteiger partial charge is 0.299 e. The number of benzene rings is 1. The molecule has 1 heterocycles. The van der Waals surface area contributed by atoms with Crippen LogP contribution in [-0.2, 0) is 0 Å². The predicted octanol–water partition coefficient (Wildman–Crippen LogP) is 3.58. The highest BCUT2D eigenvalue weighted by molar-refractivity contribution is 5.32. The summed E-state index contributed by atoms with van der Waals surface area (Å²) in [5, 5.41) is 0. The third kappa shape index (κ3) is 2.07. The van der Waals surface area contributed by atoms with Crippen LogP contribution in [-0.4, -0.2) is 18.5 Å². The van der Waals surface area contributed by atoms with E-state index in [0.717, 1.165) is 0 Å². The summed E-state index contributed by atoms with van der Waals surface area (Å²) in [6.45, 7) is 5.82. The van der Waals surface area contributed by atoms with Crippen molar-refractivity contribution in [3.8, 4) is 0 Å². The molecule has 15 heavy (non-hydrogen) atoms. The Hall–Kier alpha value is -0.820. The predicted molar refractivity (Wildman–Crippen MR) is 65.1 cm³/mol. The molecule has 1 nitrogen and oxygen atoms in total. The van der Waals surface area contributed by atoms with Crippen molar-refractivity contribution < 1.29 is 0 Å². The molecule has 1 aromatic rings. The number of hydrogen-bond acceptors (Lipinski definition) is 1. The molecule has 0 unspecified atom stereocenters. The smallest absolute Gasteiger partial charge is 0.0348 e. The standard InChI is InChI=1S/C14H21N/c1-11(2)12-7-4-5-8-13(12)14-9-6-10-15(14)3/h4-5,7-8,11,14H,6,9-10H2,1-3H3/t14-/m0/s1. The minimum atomic E-state index is 0.634. The maximum Gasteiger partial charge on any atom is 0.0348 e. The fourth-order valence-corrected chi connectivity index (χ4v) is 2.64. The lowest BCUT2D eigenvalue weighted by atomic mass is 9.92. The SMILES string of the molecule is CC(C)c1ccccc1[C@@H]1CCCN1C. The van der Waals surface area contributed by atoms with E-state index in [1.165, 1.54) is 24.9 Å². The monoisotopic (exact) mass is 203 g/mol. The summed E-state index contributed by atoms with van der Waals surface area (Å²) in [4.78, 5) is 2.49. The van der Waals surface area contributed by atoms with Crippen molar-refractivity contribution in [3.05, 3.63) is 35.4 Å². The first-order chi connectivity index (χ1) is 7.20. The molecule has 2 rings (SSSR count). The summed E-state index contributed by atoms with van der Waals surface area (Å²) in [5.41, 5.74) is 3.07. The molecule has 0 amide bonds. The van der Waals surface area contributed by atoms with Crippen molar-refractivity contribution in [3.63, 3.8) is 0 Å². The average molecular weight is 203 g/mol. The van der Waals surface area contributed by atoms with Gasteiger partial charge in [0.15, 0.2) is 0 Å². The zero-order chi connectivity index (χ0) is 10.8. The van der Waals surface area contributed by atoms with Crippen LogP contribution in [0.4, 0.5) is 0 Å². The third-order valence-electron chi connectivity index (χ3n) is 3.50. The lowest BCUT2D eigenvalue weighted by Crippen LogP contribution is -2.18. The van der Waals surface area contributed by atoms with Crippen LogP contribution in [0.1, 0.15) is 49.8 Å². The van der Waals surface area contributed by atoms with Gasteiger partial charge in [-0.3, -0.25) is 4.90 Å². The van der Waals surface area contributed by atoms with Gasteiger partial charge in [-0.1, -0.05) is 38.1 Å². The van der Waals surface area contributed by atoms with Crippen molar-refractivity contribution in [1.82, 2.24) is 4.90 Å². The van der Waals surface area contributed by atoms with Gasteiger partial charge in [0.25, 0.3) is 0 Å². The van der Waals surface area contributed by atoms with Gasteiger partial charge in [-0.25, -0.2) is 0 Å². The van der Waals surface area contributed by atoms with E-state index in [9.17, 15) is 0 Å². The Kier molecular flexibility index (Phi) is 3.11. The second kappa shape index (κ2) is 4.36. The number of rotatable bonds is 2. The summed E-state index contributed by atoms with van der Waals surface area (Å²) >= 11 is 0. The molecule has 1 fully saturated rings. The fraction of sp³-hybridized carbons (Fsp3) is 0.571. The van der Waals surface area contributed by atoms with E-state index in [4.69, 9.17) is 0 Å². The minimum absolute atomic E-state index is 0.634. The van der Waals surface area contributed by atoms with E-state index in [0.29, 0.717) is 12.0 Å². The third-order valence-corrected chi connectivity index (χ3v) is 3.50. The molecule has 0 saturated carbocycles. The minimum Gasteiger partial charge on any atom is -0.299 e. The Bertz CT molecular complexity index is 330. The zero-order valence-electron chi connectivity index (χ0n) is 10.0. The molecule has 1 aliphatic heterocycles. The average Bonchev–Trinajstić information content (AvgIpc) is 2.64. The van der Waals surface area contributed by atoms with Crippen LogP contribution in [0.3, 0.4) is 0 Å². The molecule has 0 aromatic heterocycles. The highest BCUT2D eigenvalue weighted by Crippen LogP contribution is 2.34. The van der Waals surface area contributed by atoms with Gasteiger partial charge in [-0.15, -0.1) is 0 Å². The van der Waals surface area contributed by atoms with E-state index >= 15 is 0 Å². The molecule has 1 saturated heterocycles. The molecule has 1 aliphatic rings. The van der Waals surface area contributed by atoms with E-state index in [-0.39, 0.29) is 0 Å². The molecule has 0 spiro atoms. The number of hydrogen-bond donors (Lipinski definition) is 0. The van der Waals surface area contributed by atoms with Gasteiger partial charge in [-0.05, 0) is 43.5 Å². The zero-order valence-corrected chi connectivity index (χ0v) is 10.0. The molecule has 1 atom stereocenters. The number of nitrogens with zero attached hydrogens (tertiary/aromatic N) is 1. The van der Waals surface area contributed by atoms with E-state index in [1.807, 2.05) is 0 Å². The van der Waals surface area contributed by atoms with Crippen LogP contribution < -0.4 is 0 Å². The van der Waals surface area contributed by atoms with Gasteiger partial charge in [0, 0.05) is 6.04 Å². The maximum atomic E-state index is 2.49. The van der Waals surface area contributed by atoms with Gasteiger partial charge in [0.1, 0.15) is 0 Å². The second-order valence-electron chi connectivity index (χ2n) is 4.92. The summed E-state index contributed by atoms with van der Waals surface area (Å²) in [5.74, 6) is 0.634. The molecule has 0 bridgehead atoms. The fourth-order valence-electron chi connectivity index (χ4n) is 2.64. The first kappa shape index (κ1) is 10.7. The Morgan fingerprint density at radius 1 is 1.27 bits per heavy atom. The van der Waals surface area contributed by atoms with Crippen LogP contribution in [0.15, 0.2) is 24.3 Å². The molecule has 1 heteroatoms. The Balaban J connectivity index is 2.34. The van der Waals surface area contributed by atoms with Crippen molar-refractivity contribution in [1.29, 1.82) is 0 Å². The maximum absolute atomic E-state index is 2.49. The van der Waals surface area contributed by atoms with Crippen molar-refractivity contribution in [2.45, 2.75) is 38.6 Å². The van der Waals surface area contributed by atoms with Crippen molar-refractivity contribution in [2.75, 3.05) is 13.6 Å². The Morgan fingerprint density at radius 2 is 2.00 bits per heavy atom. The molecule has 0 N–H and O–H groups in total. The van der Waals surface area contributed by atoms with Crippen LogP contribution >= 0.6 is 0 Å². The van der Waals surface area contributed by atoms with Crippen molar-refractivity contribution in [2.24, 2.45) is 0 Å². The normalized spacial score (nSPS) is 22.5. The van der Waals surface area contributed by atoms with Crippen LogP contribution in [0.5, 0.6) is 0 Å². The van der Waals surface area contributed by atoms with Gasteiger partial charge in [0.2, 0.25) is 0 Å². The van der Waals surface area contributed by atoms with Gasteiger partial charge < -0.3 is 0 Å². The van der Waals surface area contributed by atoms with Crippen LogP contribution in [0, 0.1) is 0 Å². The molecule has 0 aliphatic carbocycles. The summed E-state index contributed by atoms with van der Waals surface area (Å²) in [7, 11) is 2.24. The first-order valence-electron chi connectivity index (χ1n) is 5.99. The summed E-state index contributed by atoms with van der Waals surface area (Å²) in [6.07, 6.45) is 2.66. The molecular formula is C14H21N. The van der Waals surface area contributed by atoms with Crippen molar-refractivity contribution >= 4 is 0 Å². The van der Waals surface area contributed by atoms with Gasteiger partial charge >= 0.3 is 0 Å². The molecule has 82 valence electrons. The Morgan fingerprint density at radius 3 is 2.60 bits per heavy atom. The molecular weight excluding hydrogens is 182 g/mol.